The lowest BCUT2D eigenvalue weighted by Gasteiger charge is -2.08. The van der Waals surface area contributed by atoms with E-state index in [2.05, 4.69) is 25.6 Å². The minimum atomic E-state index is -0.635. The number of oxazole rings is 1. The second-order valence-electron chi connectivity index (χ2n) is 5.46. The van der Waals surface area contributed by atoms with E-state index in [0.717, 1.165) is 0 Å². The molecule has 3 rings (SSSR count). The van der Waals surface area contributed by atoms with Crippen LogP contribution in [0.4, 0.5) is 10.6 Å². The molecular formula is C18H17N5O4. The Morgan fingerprint density at radius 1 is 1.11 bits per heavy atom. The summed E-state index contributed by atoms with van der Waals surface area (Å²) >= 11 is 0. The van der Waals surface area contributed by atoms with Crippen molar-refractivity contribution >= 4 is 17.8 Å². The molecule has 3 amide bonds. The van der Waals surface area contributed by atoms with Crippen molar-refractivity contribution < 1.29 is 18.7 Å². The van der Waals surface area contributed by atoms with Gasteiger partial charge in [0.1, 0.15) is 23.0 Å². The maximum absolute atomic E-state index is 11.6. The van der Waals surface area contributed by atoms with Crippen molar-refractivity contribution in [2.24, 2.45) is 0 Å². The summed E-state index contributed by atoms with van der Waals surface area (Å²) < 4.78 is 11.2. The van der Waals surface area contributed by atoms with E-state index in [0.29, 0.717) is 28.8 Å². The Morgan fingerprint density at radius 2 is 1.96 bits per heavy atom. The molecule has 9 nitrogen and oxygen atoms in total. The van der Waals surface area contributed by atoms with Gasteiger partial charge in [0.05, 0.1) is 12.4 Å². The fourth-order valence-electron chi connectivity index (χ4n) is 2.10. The van der Waals surface area contributed by atoms with Gasteiger partial charge < -0.3 is 9.15 Å². The lowest BCUT2D eigenvalue weighted by Crippen LogP contribution is -2.33. The number of anilines is 1. The van der Waals surface area contributed by atoms with E-state index in [1.54, 1.807) is 50.5 Å². The van der Waals surface area contributed by atoms with Crippen LogP contribution in [-0.4, -0.2) is 26.9 Å². The molecule has 0 fully saturated rings. The van der Waals surface area contributed by atoms with E-state index in [-0.39, 0.29) is 18.1 Å². The SMILES string of the molecule is CCC(=O)NC(=O)Nc1ccc(Oc2ccnc(-c3cnc(C)o3)c2)cn1. The highest BCUT2D eigenvalue weighted by Crippen LogP contribution is 2.26. The van der Waals surface area contributed by atoms with E-state index in [1.165, 1.54) is 6.20 Å². The molecule has 0 unspecified atom stereocenters. The van der Waals surface area contributed by atoms with Gasteiger partial charge in [-0.25, -0.2) is 14.8 Å². The largest absolute Gasteiger partial charge is 0.456 e. The van der Waals surface area contributed by atoms with Crippen molar-refractivity contribution in [2.75, 3.05) is 5.32 Å². The maximum atomic E-state index is 11.6. The van der Waals surface area contributed by atoms with Gasteiger partial charge in [-0.15, -0.1) is 0 Å². The first-order valence-electron chi connectivity index (χ1n) is 8.17. The van der Waals surface area contributed by atoms with Crippen LogP contribution in [0.15, 0.2) is 47.3 Å². The number of pyridine rings is 2. The summed E-state index contributed by atoms with van der Waals surface area (Å²) in [5.74, 6) is 2.02. The Kier molecular flexibility index (Phi) is 5.41. The van der Waals surface area contributed by atoms with Gasteiger partial charge in [0, 0.05) is 25.6 Å². The molecule has 9 heteroatoms. The van der Waals surface area contributed by atoms with Gasteiger partial charge >= 0.3 is 6.03 Å². The van der Waals surface area contributed by atoms with E-state index < -0.39 is 6.03 Å². The Balaban J connectivity index is 1.65. The van der Waals surface area contributed by atoms with Crippen molar-refractivity contribution in [3.05, 3.63) is 48.7 Å². The first-order valence-corrected chi connectivity index (χ1v) is 8.17. The zero-order chi connectivity index (χ0) is 19.2. The number of urea groups is 1. The molecule has 0 aliphatic carbocycles. The Hall–Kier alpha value is -3.75. The molecule has 0 spiro atoms. The standard InChI is InChI=1S/C18H17N5O4/c1-3-17(24)23-18(25)22-16-5-4-13(9-21-16)27-12-6-7-19-14(8-12)15-10-20-11(2)26-15/h4-10H,3H2,1-2H3,(H2,21,22,23,24,25). The van der Waals surface area contributed by atoms with Crippen molar-refractivity contribution in [1.82, 2.24) is 20.3 Å². The van der Waals surface area contributed by atoms with E-state index in [9.17, 15) is 9.59 Å². The summed E-state index contributed by atoms with van der Waals surface area (Å²) in [6.07, 6.45) is 4.86. The molecule has 0 aromatic carbocycles. The van der Waals surface area contributed by atoms with E-state index >= 15 is 0 Å². The Morgan fingerprint density at radius 3 is 2.63 bits per heavy atom. The first-order chi connectivity index (χ1) is 13.0. The molecular weight excluding hydrogens is 350 g/mol. The third kappa shape index (κ3) is 4.88. The van der Waals surface area contributed by atoms with Crippen molar-refractivity contribution in [2.45, 2.75) is 20.3 Å². The average molecular weight is 367 g/mol. The average Bonchev–Trinajstić information content (AvgIpc) is 3.10. The number of ether oxygens (including phenoxy) is 1. The van der Waals surface area contributed by atoms with Crippen LogP contribution in [0.25, 0.3) is 11.5 Å². The number of nitrogens with one attached hydrogen (secondary N) is 2. The monoisotopic (exact) mass is 367 g/mol. The normalized spacial score (nSPS) is 10.3. The lowest BCUT2D eigenvalue weighted by atomic mass is 10.3. The summed E-state index contributed by atoms with van der Waals surface area (Å²) in [4.78, 5) is 35.1. The number of hydrogen-bond acceptors (Lipinski definition) is 7. The summed E-state index contributed by atoms with van der Waals surface area (Å²) in [5.41, 5.74) is 0.594. The molecule has 0 aliphatic heterocycles. The fraction of sp³-hybridized carbons (Fsp3) is 0.167. The number of aryl methyl sites for hydroxylation is 1. The van der Waals surface area contributed by atoms with Crippen LogP contribution in [0.1, 0.15) is 19.2 Å². The third-order valence-electron chi connectivity index (χ3n) is 3.39. The number of hydrogen-bond donors (Lipinski definition) is 2. The predicted octanol–water partition coefficient (Wildman–Crippen LogP) is 3.29. The highest BCUT2D eigenvalue weighted by molar-refractivity contribution is 6.00. The molecule has 0 atom stereocenters. The molecule has 27 heavy (non-hydrogen) atoms. The predicted molar refractivity (Wildman–Crippen MR) is 96.2 cm³/mol. The van der Waals surface area contributed by atoms with Crippen LogP contribution in [-0.2, 0) is 4.79 Å². The van der Waals surface area contributed by atoms with Gasteiger partial charge in [-0.05, 0) is 18.2 Å². The van der Waals surface area contributed by atoms with Gasteiger partial charge in [0.2, 0.25) is 5.91 Å². The Labute approximate surface area is 154 Å². The highest BCUT2D eigenvalue weighted by atomic mass is 16.5. The van der Waals surface area contributed by atoms with Gasteiger partial charge in [0.25, 0.3) is 0 Å². The van der Waals surface area contributed by atoms with Crippen LogP contribution in [0.2, 0.25) is 0 Å². The molecule has 0 radical (unpaired) electrons. The van der Waals surface area contributed by atoms with Crippen LogP contribution < -0.4 is 15.4 Å². The summed E-state index contributed by atoms with van der Waals surface area (Å²) in [6, 6.07) is 5.98. The van der Waals surface area contributed by atoms with E-state index in [1.807, 2.05) is 0 Å². The number of aromatic nitrogens is 3. The van der Waals surface area contributed by atoms with Crippen molar-refractivity contribution in [3.8, 4) is 23.0 Å². The quantitative estimate of drug-likeness (QED) is 0.710. The van der Waals surface area contributed by atoms with Crippen molar-refractivity contribution in [3.63, 3.8) is 0 Å². The number of carbonyl (C=O) groups is 2. The van der Waals surface area contributed by atoms with Crippen LogP contribution in [0.3, 0.4) is 0 Å². The van der Waals surface area contributed by atoms with Crippen LogP contribution in [0, 0.1) is 6.92 Å². The molecule has 0 bridgehead atoms. The number of rotatable bonds is 5. The second kappa shape index (κ2) is 8.09. The lowest BCUT2D eigenvalue weighted by molar-refractivity contribution is -0.119. The van der Waals surface area contributed by atoms with Crippen LogP contribution >= 0.6 is 0 Å². The number of imide groups is 1. The van der Waals surface area contributed by atoms with Gasteiger partial charge in [-0.1, -0.05) is 6.92 Å². The van der Waals surface area contributed by atoms with Gasteiger partial charge in [-0.3, -0.25) is 20.4 Å². The minimum absolute atomic E-state index is 0.217. The number of carbonyl (C=O) groups excluding carboxylic acids is 2. The molecule has 3 heterocycles. The summed E-state index contributed by atoms with van der Waals surface area (Å²) in [6.45, 7) is 3.41. The number of nitrogens with zero attached hydrogens (tertiary/aromatic N) is 3. The zero-order valence-corrected chi connectivity index (χ0v) is 14.7. The fourth-order valence-corrected chi connectivity index (χ4v) is 2.10. The van der Waals surface area contributed by atoms with Gasteiger partial charge in [-0.2, -0.15) is 0 Å². The summed E-state index contributed by atoms with van der Waals surface area (Å²) in [7, 11) is 0. The molecule has 0 saturated carbocycles. The topological polar surface area (TPSA) is 119 Å². The summed E-state index contributed by atoms with van der Waals surface area (Å²) in [5, 5.41) is 4.64. The zero-order valence-electron chi connectivity index (χ0n) is 14.7. The minimum Gasteiger partial charge on any atom is -0.456 e. The molecule has 138 valence electrons. The van der Waals surface area contributed by atoms with Crippen LogP contribution in [0.5, 0.6) is 11.5 Å². The second-order valence-corrected chi connectivity index (χ2v) is 5.46. The molecule has 3 aromatic heterocycles. The number of amides is 3. The third-order valence-corrected chi connectivity index (χ3v) is 3.39. The van der Waals surface area contributed by atoms with E-state index in [4.69, 9.17) is 9.15 Å². The molecule has 0 aliphatic rings. The van der Waals surface area contributed by atoms with Gasteiger partial charge in [0.15, 0.2) is 11.7 Å². The first kappa shape index (κ1) is 18.1. The molecule has 3 aromatic rings. The maximum Gasteiger partial charge on any atom is 0.327 e. The van der Waals surface area contributed by atoms with Crippen molar-refractivity contribution in [1.29, 1.82) is 0 Å². The molecule has 0 saturated heterocycles. The molecule has 2 N–H and O–H groups in total. The smallest absolute Gasteiger partial charge is 0.327 e. The highest BCUT2D eigenvalue weighted by Gasteiger charge is 2.09. The Bertz CT molecular complexity index is 952.